The summed E-state index contributed by atoms with van der Waals surface area (Å²) in [5.74, 6) is -1.14. The van der Waals surface area contributed by atoms with Crippen LogP contribution < -0.4 is 15.5 Å². The predicted molar refractivity (Wildman–Crippen MR) is 131 cm³/mol. The fraction of sp³-hybridized carbons (Fsp3) is 0.259. The third kappa shape index (κ3) is 5.98. The lowest BCUT2D eigenvalue weighted by Gasteiger charge is -2.28. The van der Waals surface area contributed by atoms with Crippen LogP contribution in [0.1, 0.15) is 59.5 Å². The van der Waals surface area contributed by atoms with E-state index in [1.807, 2.05) is 19.1 Å². The molecule has 1 atom stereocenters. The lowest BCUT2D eigenvalue weighted by atomic mass is 10.0. The van der Waals surface area contributed by atoms with Crippen molar-refractivity contribution in [2.45, 2.75) is 33.2 Å². The maximum Gasteiger partial charge on any atom is 0.255 e. The zero-order chi connectivity index (χ0) is 23.8. The highest BCUT2D eigenvalue weighted by Gasteiger charge is 2.19. The molecule has 2 amide bonds. The molecule has 0 aromatic heterocycles. The number of nitrogens with one attached hydrogen (secondary N) is 2. The molecule has 0 spiro atoms. The molecule has 3 rings (SSSR count). The molecule has 1 unspecified atom stereocenters. The summed E-state index contributed by atoms with van der Waals surface area (Å²) in [5.41, 5.74) is 3.31. The van der Waals surface area contributed by atoms with Gasteiger partial charge >= 0.3 is 0 Å². The summed E-state index contributed by atoms with van der Waals surface area (Å²) < 4.78 is 13.4. The molecule has 172 valence electrons. The van der Waals surface area contributed by atoms with Gasteiger partial charge in [-0.15, -0.1) is 0 Å². The van der Waals surface area contributed by atoms with E-state index in [-0.39, 0.29) is 17.5 Å². The zero-order valence-corrected chi connectivity index (χ0v) is 19.3. The van der Waals surface area contributed by atoms with E-state index < -0.39 is 11.7 Å². The molecule has 0 fully saturated rings. The Balaban J connectivity index is 1.77. The number of carbonyl (C=O) groups excluding carboxylic acids is 2. The zero-order valence-electron chi connectivity index (χ0n) is 19.3. The lowest BCUT2D eigenvalue weighted by molar-refractivity contribution is 0.0934. The largest absolute Gasteiger partial charge is 0.372 e. The van der Waals surface area contributed by atoms with Crippen molar-refractivity contribution >= 4 is 23.2 Å². The number of amides is 2. The first kappa shape index (κ1) is 24.0. The fourth-order valence-electron chi connectivity index (χ4n) is 3.85. The first-order valence-electron chi connectivity index (χ1n) is 11.3. The van der Waals surface area contributed by atoms with Gasteiger partial charge in [-0.3, -0.25) is 9.59 Å². The van der Waals surface area contributed by atoms with Crippen molar-refractivity contribution < 1.29 is 14.0 Å². The minimum atomic E-state index is -0.480. The second-order valence-corrected chi connectivity index (χ2v) is 7.71. The maximum atomic E-state index is 13.4. The van der Waals surface area contributed by atoms with Crippen LogP contribution in [0.25, 0.3) is 0 Å². The van der Waals surface area contributed by atoms with Crippen LogP contribution in [-0.2, 0) is 0 Å². The highest BCUT2D eigenvalue weighted by Crippen LogP contribution is 2.28. The van der Waals surface area contributed by atoms with Gasteiger partial charge in [0.1, 0.15) is 5.82 Å². The topological polar surface area (TPSA) is 61.4 Å². The molecule has 0 saturated heterocycles. The van der Waals surface area contributed by atoms with Gasteiger partial charge in [0, 0.05) is 35.6 Å². The summed E-state index contributed by atoms with van der Waals surface area (Å²) in [6, 6.07) is 20.2. The van der Waals surface area contributed by atoms with Gasteiger partial charge in [0.25, 0.3) is 11.8 Å². The Morgan fingerprint density at radius 1 is 0.848 bits per heavy atom. The smallest absolute Gasteiger partial charge is 0.255 e. The van der Waals surface area contributed by atoms with E-state index in [0.29, 0.717) is 11.3 Å². The first-order valence-corrected chi connectivity index (χ1v) is 11.3. The molecule has 2 N–H and O–H groups in total. The minimum absolute atomic E-state index is 0.153. The van der Waals surface area contributed by atoms with Crippen LogP contribution in [0.3, 0.4) is 0 Å². The van der Waals surface area contributed by atoms with Crippen molar-refractivity contribution in [3.63, 3.8) is 0 Å². The second-order valence-electron chi connectivity index (χ2n) is 7.71. The number of benzene rings is 3. The Bertz CT molecular complexity index is 1110. The van der Waals surface area contributed by atoms with Gasteiger partial charge < -0.3 is 15.5 Å². The first-order chi connectivity index (χ1) is 16.0. The van der Waals surface area contributed by atoms with Gasteiger partial charge in [0.05, 0.1) is 6.04 Å². The van der Waals surface area contributed by atoms with Gasteiger partial charge in [-0.05, 0) is 68.3 Å². The molecule has 0 radical (unpaired) electrons. The number of carbonyl (C=O) groups is 2. The number of anilines is 2. The third-order valence-corrected chi connectivity index (χ3v) is 5.60. The quantitative estimate of drug-likeness (QED) is 0.435. The van der Waals surface area contributed by atoms with Crippen LogP contribution in [0.15, 0.2) is 72.8 Å². The molecule has 0 bridgehead atoms. The molecule has 0 saturated carbocycles. The Kier molecular flexibility index (Phi) is 8.19. The van der Waals surface area contributed by atoms with Crippen molar-refractivity contribution in [1.29, 1.82) is 0 Å². The summed E-state index contributed by atoms with van der Waals surface area (Å²) in [5, 5.41) is 5.86. The van der Waals surface area contributed by atoms with Crippen LogP contribution in [0.5, 0.6) is 0 Å². The summed E-state index contributed by atoms with van der Waals surface area (Å²) in [6.45, 7) is 8.03. The van der Waals surface area contributed by atoms with E-state index >= 15 is 0 Å². The molecule has 0 aliphatic carbocycles. The average molecular weight is 448 g/mol. The number of rotatable bonds is 9. The van der Waals surface area contributed by atoms with Crippen LogP contribution in [-0.4, -0.2) is 24.9 Å². The minimum Gasteiger partial charge on any atom is -0.372 e. The molecule has 3 aromatic carbocycles. The standard InChI is InChI=1S/C27H30FN3O2/c1-4-24(23-15-7-8-16-25(23)31(5-2)6-3)30-27(33)20-12-10-14-22(18-20)29-26(32)19-11-9-13-21(28)17-19/h7-18,24H,4-6H2,1-3H3,(H,29,32)(H,30,33). The number of halogens is 1. The second kappa shape index (κ2) is 11.3. The van der Waals surface area contributed by atoms with Gasteiger partial charge in [-0.2, -0.15) is 0 Å². The third-order valence-electron chi connectivity index (χ3n) is 5.60. The van der Waals surface area contributed by atoms with Crippen LogP contribution in [0.2, 0.25) is 0 Å². The highest BCUT2D eigenvalue weighted by molar-refractivity contribution is 6.05. The highest BCUT2D eigenvalue weighted by atomic mass is 19.1. The number of para-hydroxylation sites is 1. The number of hydrogen-bond acceptors (Lipinski definition) is 3. The Morgan fingerprint density at radius 2 is 1.52 bits per heavy atom. The molecular weight excluding hydrogens is 417 g/mol. The van der Waals surface area contributed by atoms with E-state index in [1.54, 1.807) is 24.3 Å². The van der Waals surface area contributed by atoms with Crippen LogP contribution >= 0.6 is 0 Å². The summed E-state index contributed by atoms with van der Waals surface area (Å²) in [4.78, 5) is 27.8. The Labute approximate surface area is 194 Å². The predicted octanol–water partition coefficient (Wildman–Crippen LogP) is 5.81. The Morgan fingerprint density at radius 3 is 2.18 bits per heavy atom. The maximum absolute atomic E-state index is 13.4. The van der Waals surface area contributed by atoms with Gasteiger partial charge in [0.15, 0.2) is 0 Å². The van der Waals surface area contributed by atoms with Gasteiger partial charge in [0.2, 0.25) is 0 Å². The normalized spacial score (nSPS) is 11.5. The van der Waals surface area contributed by atoms with E-state index in [0.717, 1.165) is 30.8 Å². The van der Waals surface area contributed by atoms with E-state index in [4.69, 9.17) is 0 Å². The van der Waals surface area contributed by atoms with Crippen molar-refractivity contribution in [3.05, 3.63) is 95.3 Å². The molecule has 0 aliphatic heterocycles. The fourth-order valence-corrected chi connectivity index (χ4v) is 3.85. The Hall–Kier alpha value is -3.67. The molecule has 0 heterocycles. The summed E-state index contributed by atoms with van der Waals surface area (Å²) in [6.07, 6.45) is 0.736. The van der Waals surface area contributed by atoms with Crippen LogP contribution in [0, 0.1) is 5.82 Å². The van der Waals surface area contributed by atoms with Crippen molar-refractivity contribution in [2.24, 2.45) is 0 Å². The van der Waals surface area contributed by atoms with Gasteiger partial charge in [-0.25, -0.2) is 4.39 Å². The van der Waals surface area contributed by atoms with Crippen molar-refractivity contribution in [1.82, 2.24) is 5.32 Å². The summed E-state index contributed by atoms with van der Waals surface area (Å²) in [7, 11) is 0. The monoisotopic (exact) mass is 447 g/mol. The van der Waals surface area contributed by atoms with E-state index in [9.17, 15) is 14.0 Å². The number of hydrogen-bond donors (Lipinski definition) is 2. The lowest BCUT2D eigenvalue weighted by Crippen LogP contribution is -2.31. The molecule has 3 aromatic rings. The SMILES string of the molecule is CCC(NC(=O)c1cccc(NC(=O)c2cccc(F)c2)c1)c1ccccc1N(CC)CC. The van der Waals surface area contributed by atoms with E-state index in [1.165, 1.54) is 24.3 Å². The van der Waals surface area contributed by atoms with Crippen molar-refractivity contribution in [3.8, 4) is 0 Å². The van der Waals surface area contributed by atoms with Gasteiger partial charge in [-0.1, -0.05) is 37.3 Å². The molecule has 6 heteroatoms. The van der Waals surface area contributed by atoms with Crippen LogP contribution in [0.4, 0.5) is 15.8 Å². The molecule has 33 heavy (non-hydrogen) atoms. The van der Waals surface area contributed by atoms with Crippen molar-refractivity contribution in [2.75, 3.05) is 23.3 Å². The molecule has 0 aliphatic rings. The summed E-state index contributed by atoms with van der Waals surface area (Å²) >= 11 is 0. The van der Waals surface area contributed by atoms with E-state index in [2.05, 4.69) is 41.5 Å². The molecule has 5 nitrogen and oxygen atoms in total. The average Bonchev–Trinajstić information content (AvgIpc) is 2.83. The molecular formula is C27H30FN3O2. The number of nitrogens with zero attached hydrogens (tertiary/aromatic N) is 1.